The second-order valence-electron chi connectivity index (χ2n) is 7.44. The molecule has 1 aliphatic heterocycles. The molecule has 6 heteroatoms. The van der Waals surface area contributed by atoms with Gasteiger partial charge in [0.25, 0.3) is 5.91 Å². The number of methoxy groups -OCH3 is 1. The zero-order valence-corrected chi connectivity index (χ0v) is 16.4. The molecular formula is C22H24N2O4. The molecule has 3 heterocycles. The number of aryl methyl sites for hydroxylation is 2. The van der Waals surface area contributed by atoms with E-state index in [9.17, 15) is 9.59 Å². The molecule has 0 spiro atoms. The number of aromatic amines is 1. The van der Waals surface area contributed by atoms with Gasteiger partial charge >= 0.3 is 0 Å². The van der Waals surface area contributed by atoms with Crippen molar-refractivity contribution >= 4 is 16.9 Å². The molecule has 146 valence electrons. The quantitative estimate of drug-likeness (QED) is 0.751. The van der Waals surface area contributed by atoms with Gasteiger partial charge in [0, 0.05) is 53.5 Å². The fourth-order valence-corrected chi connectivity index (χ4v) is 4.00. The number of nitrogens with one attached hydrogen (secondary N) is 1. The molecule has 2 aromatic heterocycles. The van der Waals surface area contributed by atoms with E-state index in [1.54, 1.807) is 19.2 Å². The van der Waals surface area contributed by atoms with Gasteiger partial charge in [-0.15, -0.1) is 0 Å². The predicted molar refractivity (Wildman–Crippen MR) is 107 cm³/mol. The number of nitrogens with zero attached hydrogens (tertiary/aromatic N) is 1. The van der Waals surface area contributed by atoms with Gasteiger partial charge in [-0.2, -0.15) is 0 Å². The number of carbonyl (C=O) groups excluding carboxylic acids is 1. The van der Waals surface area contributed by atoms with Gasteiger partial charge in [-0.05, 0) is 44.9 Å². The number of aromatic nitrogens is 1. The highest BCUT2D eigenvalue weighted by atomic mass is 16.5. The Morgan fingerprint density at radius 1 is 1.18 bits per heavy atom. The lowest BCUT2D eigenvalue weighted by Crippen LogP contribution is -2.38. The lowest BCUT2D eigenvalue weighted by molar-refractivity contribution is 0.0681. The summed E-state index contributed by atoms with van der Waals surface area (Å²) >= 11 is 0. The van der Waals surface area contributed by atoms with Crippen LogP contribution in [-0.2, 0) is 0 Å². The molecule has 0 radical (unpaired) electrons. The summed E-state index contributed by atoms with van der Waals surface area (Å²) in [4.78, 5) is 30.0. The van der Waals surface area contributed by atoms with Crippen molar-refractivity contribution in [1.29, 1.82) is 0 Å². The summed E-state index contributed by atoms with van der Waals surface area (Å²) in [6, 6.07) is 8.82. The number of benzene rings is 1. The number of piperidine rings is 1. The van der Waals surface area contributed by atoms with E-state index in [1.165, 1.54) is 0 Å². The Morgan fingerprint density at radius 2 is 1.93 bits per heavy atom. The molecule has 28 heavy (non-hydrogen) atoms. The van der Waals surface area contributed by atoms with Gasteiger partial charge in [0.05, 0.1) is 7.11 Å². The molecule has 1 N–H and O–H groups in total. The minimum absolute atomic E-state index is 0.0260. The van der Waals surface area contributed by atoms with Crippen molar-refractivity contribution in [1.82, 2.24) is 9.88 Å². The number of furan rings is 1. The Kier molecular flexibility index (Phi) is 4.71. The number of likely N-dealkylation sites (tertiary alicyclic amines) is 1. The van der Waals surface area contributed by atoms with E-state index in [4.69, 9.17) is 9.15 Å². The smallest absolute Gasteiger partial charge is 0.289 e. The number of hydrogen-bond donors (Lipinski definition) is 1. The van der Waals surface area contributed by atoms with Gasteiger partial charge in [-0.3, -0.25) is 9.59 Å². The number of pyridine rings is 1. The number of rotatable bonds is 3. The summed E-state index contributed by atoms with van der Waals surface area (Å²) in [6.45, 7) is 5.07. The van der Waals surface area contributed by atoms with Crippen molar-refractivity contribution in [2.24, 2.45) is 0 Å². The average Bonchev–Trinajstić information content (AvgIpc) is 3.02. The van der Waals surface area contributed by atoms with Gasteiger partial charge in [0.15, 0.2) is 11.2 Å². The first kappa shape index (κ1) is 18.3. The summed E-state index contributed by atoms with van der Waals surface area (Å²) < 4.78 is 11.1. The van der Waals surface area contributed by atoms with Crippen molar-refractivity contribution in [3.8, 4) is 5.75 Å². The molecule has 4 rings (SSSR count). The second kappa shape index (κ2) is 7.19. The van der Waals surface area contributed by atoms with Crippen molar-refractivity contribution in [2.75, 3.05) is 20.2 Å². The SMILES string of the molecule is COc1ccc2oc(C(=O)N3CCC(c4cc(=O)cc(C)[nH]4)CC3)c(C)c2c1. The molecule has 0 atom stereocenters. The van der Waals surface area contributed by atoms with Gasteiger partial charge in [-0.1, -0.05) is 0 Å². The first-order valence-electron chi connectivity index (χ1n) is 9.53. The predicted octanol–water partition coefficient (Wildman–Crippen LogP) is 3.77. The lowest BCUT2D eigenvalue weighted by Gasteiger charge is -2.31. The molecule has 3 aromatic rings. The van der Waals surface area contributed by atoms with E-state index in [1.807, 2.05) is 36.9 Å². The summed E-state index contributed by atoms with van der Waals surface area (Å²) in [5, 5.41) is 0.898. The van der Waals surface area contributed by atoms with Crippen LogP contribution in [0.5, 0.6) is 5.75 Å². The fourth-order valence-electron chi connectivity index (χ4n) is 4.00. The number of hydrogen-bond acceptors (Lipinski definition) is 4. The highest BCUT2D eigenvalue weighted by Gasteiger charge is 2.28. The molecule has 1 aromatic carbocycles. The van der Waals surface area contributed by atoms with Gasteiger partial charge in [-0.25, -0.2) is 0 Å². The van der Waals surface area contributed by atoms with Gasteiger partial charge in [0.2, 0.25) is 0 Å². The van der Waals surface area contributed by atoms with Crippen molar-refractivity contribution in [3.05, 3.63) is 63.3 Å². The Bertz CT molecular complexity index is 1090. The maximum atomic E-state index is 13.0. The maximum Gasteiger partial charge on any atom is 0.289 e. The van der Waals surface area contributed by atoms with Crippen molar-refractivity contribution < 1.29 is 13.9 Å². The average molecular weight is 380 g/mol. The van der Waals surface area contributed by atoms with Crippen LogP contribution in [0.1, 0.15) is 46.3 Å². The first-order valence-corrected chi connectivity index (χ1v) is 9.53. The van der Waals surface area contributed by atoms with E-state index >= 15 is 0 Å². The minimum atomic E-state index is -0.0798. The molecular weight excluding hydrogens is 356 g/mol. The summed E-state index contributed by atoms with van der Waals surface area (Å²) in [5.41, 5.74) is 3.38. The highest BCUT2D eigenvalue weighted by Crippen LogP contribution is 2.31. The second-order valence-corrected chi connectivity index (χ2v) is 7.44. The monoisotopic (exact) mass is 380 g/mol. The highest BCUT2D eigenvalue weighted by molar-refractivity contribution is 5.99. The summed E-state index contributed by atoms with van der Waals surface area (Å²) in [5.74, 6) is 1.32. The van der Waals surface area contributed by atoms with Crippen LogP contribution < -0.4 is 10.2 Å². The number of H-pyrrole nitrogens is 1. The first-order chi connectivity index (χ1) is 13.5. The van der Waals surface area contributed by atoms with E-state index in [0.29, 0.717) is 24.4 Å². The molecule has 0 saturated carbocycles. The topological polar surface area (TPSA) is 75.5 Å². The molecule has 0 aliphatic carbocycles. The molecule has 1 fully saturated rings. The molecule has 1 saturated heterocycles. The summed E-state index contributed by atoms with van der Waals surface area (Å²) in [6.07, 6.45) is 1.64. The molecule has 1 amide bonds. The fraction of sp³-hybridized carbons (Fsp3) is 0.364. The third kappa shape index (κ3) is 3.30. The van der Waals surface area contributed by atoms with Crippen molar-refractivity contribution in [2.45, 2.75) is 32.6 Å². The van der Waals surface area contributed by atoms with Gasteiger partial charge in [0.1, 0.15) is 11.3 Å². The van der Waals surface area contributed by atoms with E-state index in [-0.39, 0.29) is 17.3 Å². The maximum absolute atomic E-state index is 13.0. The van der Waals surface area contributed by atoms with E-state index in [2.05, 4.69) is 4.98 Å². The van der Waals surface area contributed by atoms with E-state index < -0.39 is 0 Å². The molecule has 6 nitrogen and oxygen atoms in total. The third-order valence-electron chi connectivity index (χ3n) is 5.56. The minimum Gasteiger partial charge on any atom is -0.497 e. The van der Waals surface area contributed by atoms with Gasteiger partial charge < -0.3 is 19.0 Å². The zero-order chi connectivity index (χ0) is 19.8. The number of fused-ring (bicyclic) bond motifs is 1. The van der Waals surface area contributed by atoms with Crippen LogP contribution in [-0.4, -0.2) is 36.0 Å². The Balaban J connectivity index is 1.52. The van der Waals surface area contributed by atoms with Crippen LogP contribution in [0.4, 0.5) is 0 Å². The molecule has 0 bridgehead atoms. The zero-order valence-electron chi connectivity index (χ0n) is 16.4. The van der Waals surface area contributed by atoms with Crippen LogP contribution in [0.2, 0.25) is 0 Å². The third-order valence-corrected chi connectivity index (χ3v) is 5.56. The van der Waals surface area contributed by atoms with Crippen molar-refractivity contribution in [3.63, 3.8) is 0 Å². The Morgan fingerprint density at radius 3 is 2.61 bits per heavy atom. The largest absolute Gasteiger partial charge is 0.497 e. The standard InChI is InChI=1S/C22H24N2O4/c1-13-10-16(25)11-19(23-13)15-6-8-24(9-7-15)22(26)21-14(2)18-12-17(27-3)4-5-20(18)28-21/h4-5,10-12,15H,6-9H2,1-3H3,(H,23,25). The number of ether oxygens (including phenoxy) is 1. The molecule has 1 aliphatic rings. The van der Waals surface area contributed by atoms with E-state index in [0.717, 1.165) is 40.9 Å². The lowest BCUT2D eigenvalue weighted by atomic mass is 9.92. The van der Waals surface area contributed by atoms with Crippen LogP contribution in [0.15, 0.2) is 39.5 Å². The van der Waals surface area contributed by atoms with Crippen LogP contribution >= 0.6 is 0 Å². The Labute approximate surface area is 163 Å². The summed E-state index contributed by atoms with van der Waals surface area (Å²) in [7, 11) is 1.62. The van der Waals surface area contributed by atoms with Crippen LogP contribution in [0.25, 0.3) is 11.0 Å². The van der Waals surface area contributed by atoms with Crippen LogP contribution in [0.3, 0.4) is 0 Å². The Hall–Kier alpha value is -3.02. The molecule has 0 unspecified atom stereocenters. The number of amides is 1. The number of carbonyl (C=O) groups is 1. The normalized spacial score (nSPS) is 15.2. The van der Waals surface area contributed by atoms with Crippen LogP contribution in [0, 0.1) is 13.8 Å².